The molecule has 0 aliphatic carbocycles. The lowest BCUT2D eigenvalue weighted by Crippen LogP contribution is -1.99. The Kier molecular flexibility index (Phi) is 2.25. The average Bonchev–Trinajstić information content (AvgIpc) is 2.41. The highest BCUT2D eigenvalue weighted by Gasteiger charge is 2.23. The third-order valence-corrected chi connectivity index (χ3v) is 1.34. The molecule has 1 rings (SSSR count). The van der Waals surface area contributed by atoms with Crippen LogP contribution in [0.25, 0.3) is 0 Å². The quantitative estimate of drug-likeness (QED) is 0.434. The van der Waals surface area contributed by atoms with Crippen molar-refractivity contribution < 1.29 is 13.1 Å². The van der Waals surface area contributed by atoms with Gasteiger partial charge in [-0.3, -0.25) is 4.18 Å². The largest absolute Gasteiger partial charge is 0.371 e. The molecule has 1 heterocycles. The second-order valence-electron chi connectivity index (χ2n) is 1.43. The zero-order valence-corrected chi connectivity index (χ0v) is 5.57. The van der Waals surface area contributed by atoms with Gasteiger partial charge in [0.15, 0.2) is 0 Å². The van der Waals surface area contributed by atoms with Crippen molar-refractivity contribution in [2.45, 2.75) is 6.10 Å². The molecular weight excluding hydrogens is 152 g/mol. The predicted octanol–water partition coefficient (Wildman–Crippen LogP) is 0.219. The van der Waals surface area contributed by atoms with Gasteiger partial charge in [-0.15, -0.1) is 0 Å². The van der Waals surface area contributed by atoms with Crippen LogP contribution in [0.2, 0.25) is 0 Å². The molecule has 0 N–H and O–H groups in total. The maximum Gasteiger partial charge on any atom is 0.256 e. The van der Waals surface area contributed by atoms with E-state index in [-0.39, 0.29) is 6.10 Å². The van der Waals surface area contributed by atoms with E-state index in [0.29, 0.717) is 13.2 Å². The minimum atomic E-state index is -1.65. The summed E-state index contributed by atoms with van der Waals surface area (Å²) in [6, 6.07) is 0. The third kappa shape index (κ3) is 2.61. The van der Waals surface area contributed by atoms with Crippen molar-refractivity contribution in [2.75, 3.05) is 13.2 Å². The summed E-state index contributed by atoms with van der Waals surface area (Å²) in [5, 5.41) is 0. The Hall–Kier alpha value is 0.360. The van der Waals surface area contributed by atoms with Crippen LogP contribution in [-0.4, -0.2) is 23.5 Å². The Bertz CT molecular complexity index is 103. The van der Waals surface area contributed by atoms with Gasteiger partial charge in [-0.1, -0.05) is 0 Å². The SMILES string of the molecule is O=S(Cl)OCC1CO1. The first-order valence-corrected chi connectivity index (χ1v) is 4.02. The highest BCUT2D eigenvalue weighted by Crippen LogP contribution is 2.09. The van der Waals surface area contributed by atoms with Gasteiger partial charge < -0.3 is 4.74 Å². The summed E-state index contributed by atoms with van der Waals surface area (Å²) in [5.41, 5.74) is 0. The van der Waals surface area contributed by atoms with Gasteiger partial charge in [0.25, 0.3) is 10.3 Å². The monoisotopic (exact) mass is 156 g/mol. The van der Waals surface area contributed by atoms with Crippen molar-refractivity contribution in [3.63, 3.8) is 0 Å². The zero-order chi connectivity index (χ0) is 5.98. The summed E-state index contributed by atoms with van der Waals surface area (Å²) < 4.78 is 19.2. The first-order chi connectivity index (χ1) is 3.79. The summed E-state index contributed by atoms with van der Waals surface area (Å²) in [6.07, 6.45) is 0.137. The molecule has 0 bridgehead atoms. The second-order valence-corrected chi connectivity index (χ2v) is 2.81. The van der Waals surface area contributed by atoms with Crippen LogP contribution in [0.5, 0.6) is 0 Å². The Morgan fingerprint density at radius 3 is 3.00 bits per heavy atom. The molecule has 1 aliphatic heterocycles. The summed E-state index contributed by atoms with van der Waals surface area (Å²) in [4.78, 5) is 0. The number of hydrogen-bond acceptors (Lipinski definition) is 3. The first-order valence-electron chi connectivity index (χ1n) is 2.12. The van der Waals surface area contributed by atoms with E-state index >= 15 is 0 Å². The fourth-order valence-electron chi connectivity index (χ4n) is 0.294. The maximum absolute atomic E-state index is 9.97. The van der Waals surface area contributed by atoms with Gasteiger partial charge in [0.1, 0.15) is 6.10 Å². The maximum atomic E-state index is 9.97. The number of hydrogen-bond donors (Lipinski definition) is 0. The zero-order valence-electron chi connectivity index (χ0n) is 4.00. The van der Waals surface area contributed by atoms with E-state index < -0.39 is 10.3 Å². The van der Waals surface area contributed by atoms with Crippen LogP contribution in [0.15, 0.2) is 0 Å². The van der Waals surface area contributed by atoms with Crippen LogP contribution in [0, 0.1) is 0 Å². The highest BCUT2D eigenvalue weighted by molar-refractivity contribution is 8.04. The lowest BCUT2D eigenvalue weighted by Gasteiger charge is -1.88. The summed E-state index contributed by atoms with van der Waals surface area (Å²) >= 11 is 0. The summed E-state index contributed by atoms with van der Waals surface area (Å²) in [7, 11) is 3.29. The Labute approximate surface area is 54.1 Å². The van der Waals surface area contributed by atoms with E-state index in [1.807, 2.05) is 0 Å². The highest BCUT2D eigenvalue weighted by atomic mass is 35.7. The molecule has 5 heteroatoms. The molecular formula is C3H5ClO3S. The first kappa shape index (κ1) is 6.48. The third-order valence-electron chi connectivity index (χ3n) is 0.749. The van der Waals surface area contributed by atoms with Gasteiger partial charge in [0.05, 0.1) is 13.2 Å². The van der Waals surface area contributed by atoms with Gasteiger partial charge in [-0.05, 0) is 0 Å². The van der Waals surface area contributed by atoms with E-state index in [9.17, 15) is 4.21 Å². The molecule has 1 aliphatic rings. The van der Waals surface area contributed by atoms with Crippen LogP contribution in [0.1, 0.15) is 0 Å². The van der Waals surface area contributed by atoms with Crippen LogP contribution in [0.4, 0.5) is 0 Å². The van der Waals surface area contributed by atoms with E-state index in [1.165, 1.54) is 0 Å². The minimum absolute atomic E-state index is 0.137. The van der Waals surface area contributed by atoms with Gasteiger partial charge in [-0.25, -0.2) is 4.21 Å². The molecule has 0 aromatic carbocycles. The van der Waals surface area contributed by atoms with Crippen molar-refractivity contribution in [2.24, 2.45) is 0 Å². The molecule has 1 saturated heterocycles. The van der Waals surface area contributed by atoms with Crippen molar-refractivity contribution in [3.05, 3.63) is 0 Å². The van der Waals surface area contributed by atoms with Crippen molar-refractivity contribution in [3.8, 4) is 0 Å². The molecule has 0 amide bonds. The molecule has 0 aromatic heterocycles. The second kappa shape index (κ2) is 2.77. The smallest absolute Gasteiger partial charge is 0.256 e. The molecule has 0 spiro atoms. The molecule has 48 valence electrons. The molecule has 0 aromatic rings. The molecule has 8 heavy (non-hydrogen) atoms. The van der Waals surface area contributed by atoms with Crippen LogP contribution in [0.3, 0.4) is 0 Å². The number of ether oxygens (including phenoxy) is 1. The molecule has 0 saturated carbocycles. The van der Waals surface area contributed by atoms with Gasteiger partial charge in [0, 0.05) is 10.7 Å². The number of rotatable bonds is 3. The van der Waals surface area contributed by atoms with Crippen LogP contribution < -0.4 is 0 Å². The Morgan fingerprint density at radius 2 is 2.62 bits per heavy atom. The summed E-state index contributed by atoms with van der Waals surface area (Å²) in [5.74, 6) is 0. The van der Waals surface area contributed by atoms with Gasteiger partial charge in [0.2, 0.25) is 0 Å². The minimum Gasteiger partial charge on any atom is -0.371 e. The Morgan fingerprint density at radius 1 is 2.00 bits per heavy atom. The predicted molar refractivity (Wildman–Crippen MR) is 29.7 cm³/mol. The molecule has 2 atom stereocenters. The molecule has 0 radical (unpaired) electrons. The number of halogens is 1. The molecule has 2 unspecified atom stereocenters. The van der Waals surface area contributed by atoms with E-state index in [4.69, 9.17) is 15.4 Å². The number of epoxide rings is 1. The van der Waals surface area contributed by atoms with Gasteiger partial charge in [-0.2, -0.15) is 0 Å². The lowest BCUT2D eigenvalue weighted by molar-refractivity contribution is 0.287. The van der Waals surface area contributed by atoms with Crippen molar-refractivity contribution in [1.82, 2.24) is 0 Å². The van der Waals surface area contributed by atoms with Crippen molar-refractivity contribution >= 4 is 21.0 Å². The van der Waals surface area contributed by atoms with Gasteiger partial charge >= 0.3 is 0 Å². The molecule has 3 nitrogen and oxygen atoms in total. The fourth-order valence-corrected chi connectivity index (χ4v) is 0.707. The van der Waals surface area contributed by atoms with Crippen molar-refractivity contribution in [1.29, 1.82) is 0 Å². The topological polar surface area (TPSA) is 38.8 Å². The van der Waals surface area contributed by atoms with E-state index in [0.717, 1.165) is 0 Å². The standard InChI is InChI=1S/C3H5ClO3S/c4-8(5)7-2-3-1-6-3/h3H,1-2H2. The average molecular weight is 157 g/mol. The molecule has 1 fully saturated rings. The van der Waals surface area contributed by atoms with Crippen LogP contribution >= 0.6 is 10.7 Å². The fraction of sp³-hybridized carbons (Fsp3) is 1.00. The Balaban J connectivity index is 1.95. The normalized spacial score (nSPS) is 29.9. The lowest BCUT2D eigenvalue weighted by atomic mass is 10.5. The van der Waals surface area contributed by atoms with Crippen LogP contribution in [-0.2, 0) is 19.2 Å². The van der Waals surface area contributed by atoms with E-state index in [1.54, 1.807) is 0 Å². The summed E-state index contributed by atoms with van der Waals surface area (Å²) in [6.45, 7) is 1.05. The van der Waals surface area contributed by atoms with E-state index in [2.05, 4.69) is 4.18 Å².